The van der Waals surface area contributed by atoms with Gasteiger partial charge in [-0.15, -0.1) is 0 Å². The maximum absolute atomic E-state index is 11.7. The van der Waals surface area contributed by atoms with Crippen molar-refractivity contribution in [1.29, 1.82) is 0 Å². The molecule has 0 bridgehead atoms. The van der Waals surface area contributed by atoms with Crippen LogP contribution >= 0.6 is 0 Å². The fraction of sp³-hybridized carbons (Fsp3) is 0.583. The zero-order valence-corrected chi connectivity index (χ0v) is 16.7. The topological polar surface area (TPSA) is 35.5 Å². The number of hydrogen-bond donors (Lipinski definition) is 2. The van der Waals surface area contributed by atoms with E-state index in [-0.39, 0.29) is 5.92 Å². The zero-order chi connectivity index (χ0) is 18.7. The maximum Gasteiger partial charge on any atom is 0.0728 e. The highest BCUT2D eigenvalue weighted by atomic mass is 16.3. The summed E-state index contributed by atoms with van der Waals surface area (Å²) < 4.78 is 0. The Morgan fingerprint density at radius 1 is 1.07 bits per heavy atom. The van der Waals surface area contributed by atoms with Gasteiger partial charge >= 0.3 is 0 Å². The molecule has 0 radical (unpaired) electrons. The van der Waals surface area contributed by atoms with Gasteiger partial charge < -0.3 is 15.3 Å². The predicted molar refractivity (Wildman–Crippen MR) is 113 cm³/mol. The van der Waals surface area contributed by atoms with E-state index in [1.54, 1.807) is 0 Å². The minimum atomic E-state index is -0.562. The molecule has 146 valence electrons. The van der Waals surface area contributed by atoms with Crippen LogP contribution in [-0.2, 0) is 0 Å². The third-order valence-electron chi connectivity index (χ3n) is 6.90. The molecule has 4 rings (SSSR count). The standard InChI is InChI=1S/C24H34N2O/c1-25-22-10-7-15-26(17-22)18-23(24(27)13-5-2-6-14-24)21-12-11-19-8-3-4-9-20(19)16-21/h3-4,8-9,11-12,16,22-23,25,27H,2,5-7,10,13-15,17-18H2,1H3/t22-,23?/m1/s1. The molecule has 2 fully saturated rings. The highest BCUT2D eigenvalue weighted by molar-refractivity contribution is 5.83. The molecule has 1 aliphatic carbocycles. The number of aliphatic hydroxyl groups is 1. The Balaban J connectivity index is 1.64. The number of piperidine rings is 1. The molecule has 1 saturated carbocycles. The van der Waals surface area contributed by atoms with E-state index >= 15 is 0 Å². The summed E-state index contributed by atoms with van der Waals surface area (Å²) in [4.78, 5) is 2.58. The second-order valence-corrected chi connectivity index (χ2v) is 8.71. The fourth-order valence-electron chi connectivity index (χ4n) is 5.24. The number of benzene rings is 2. The molecule has 27 heavy (non-hydrogen) atoms. The molecule has 2 aromatic carbocycles. The van der Waals surface area contributed by atoms with Crippen molar-refractivity contribution >= 4 is 10.8 Å². The van der Waals surface area contributed by atoms with Gasteiger partial charge in [0.15, 0.2) is 0 Å². The van der Waals surface area contributed by atoms with Crippen molar-refractivity contribution in [3.05, 3.63) is 48.0 Å². The highest BCUT2D eigenvalue weighted by Crippen LogP contribution is 2.41. The normalized spacial score (nSPS) is 24.7. The Morgan fingerprint density at radius 3 is 2.63 bits per heavy atom. The molecule has 3 heteroatoms. The average Bonchev–Trinajstić information content (AvgIpc) is 2.72. The van der Waals surface area contributed by atoms with Gasteiger partial charge in [-0.1, -0.05) is 61.7 Å². The van der Waals surface area contributed by atoms with Gasteiger partial charge in [-0.3, -0.25) is 0 Å². The van der Waals surface area contributed by atoms with Gasteiger partial charge in [0.2, 0.25) is 0 Å². The van der Waals surface area contributed by atoms with Gasteiger partial charge in [0.25, 0.3) is 0 Å². The maximum atomic E-state index is 11.7. The van der Waals surface area contributed by atoms with Gasteiger partial charge in [0, 0.05) is 25.0 Å². The Kier molecular flexibility index (Phi) is 5.82. The van der Waals surface area contributed by atoms with Gasteiger partial charge in [0.1, 0.15) is 0 Å². The van der Waals surface area contributed by atoms with Crippen LogP contribution in [0.15, 0.2) is 42.5 Å². The molecule has 1 aliphatic heterocycles. The number of likely N-dealkylation sites (N-methyl/N-ethyl adjacent to an activating group) is 1. The van der Waals surface area contributed by atoms with E-state index in [9.17, 15) is 5.11 Å². The summed E-state index contributed by atoms with van der Waals surface area (Å²) in [7, 11) is 2.07. The van der Waals surface area contributed by atoms with Crippen molar-refractivity contribution in [3.63, 3.8) is 0 Å². The molecule has 1 heterocycles. The molecule has 2 N–H and O–H groups in total. The number of hydrogen-bond acceptors (Lipinski definition) is 3. The minimum absolute atomic E-state index is 0.193. The molecule has 2 atom stereocenters. The Morgan fingerprint density at radius 2 is 1.85 bits per heavy atom. The number of fused-ring (bicyclic) bond motifs is 1. The molecule has 1 saturated heterocycles. The van der Waals surface area contributed by atoms with Crippen molar-refractivity contribution in [2.24, 2.45) is 0 Å². The van der Waals surface area contributed by atoms with Crippen molar-refractivity contribution < 1.29 is 5.11 Å². The van der Waals surface area contributed by atoms with Crippen molar-refractivity contribution in [2.45, 2.75) is 62.5 Å². The first-order valence-corrected chi connectivity index (χ1v) is 10.8. The molecule has 0 amide bonds. The number of rotatable bonds is 5. The SMILES string of the molecule is CN[C@@H]1CCCN(CC(c2ccc3ccccc3c2)C2(O)CCCCC2)C1. The monoisotopic (exact) mass is 366 g/mol. The molecular weight excluding hydrogens is 332 g/mol. The molecule has 0 spiro atoms. The van der Waals surface area contributed by atoms with Gasteiger partial charge in [-0.25, -0.2) is 0 Å². The lowest BCUT2D eigenvalue weighted by Crippen LogP contribution is -2.49. The van der Waals surface area contributed by atoms with Crippen molar-refractivity contribution in [3.8, 4) is 0 Å². The van der Waals surface area contributed by atoms with E-state index in [0.29, 0.717) is 6.04 Å². The van der Waals surface area contributed by atoms with E-state index in [1.807, 2.05) is 0 Å². The molecule has 2 aromatic rings. The van der Waals surface area contributed by atoms with Crippen LogP contribution in [-0.4, -0.2) is 48.3 Å². The predicted octanol–water partition coefficient (Wildman–Crippen LogP) is 4.30. The molecule has 2 aliphatic rings. The summed E-state index contributed by atoms with van der Waals surface area (Å²) in [5, 5.41) is 17.7. The van der Waals surface area contributed by atoms with E-state index in [1.165, 1.54) is 35.6 Å². The zero-order valence-electron chi connectivity index (χ0n) is 16.7. The quantitative estimate of drug-likeness (QED) is 0.828. The van der Waals surface area contributed by atoms with Crippen LogP contribution < -0.4 is 5.32 Å². The van der Waals surface area contributed by atoms with Crippen LogP contribution in [0.3, 0.4) is 0 Å². The highest BCUT2D eigenvalue weighted by Gasteiger charge is 2.40. The number of nitrogens with zero attached hydrogens (tertiary/aromatic N) is 1. The van der Waals surface area contributed by atoms with Crippen LogP contribution in [0.1, 0.15) is 56.4 Å². The minimum Gasteiger partial charge on any atom is -0.389 e. The smallest absolute Gasteiger partial charge is 0.0728 e. The van der Waals surface area contributed by atoms with E-state index in [0.717, 1.165) is 45.3 Å². The lowest BCUT2D eigenvalue weighted by atomic mass is 9.72. The van der Waals surface area contributed by atoms with E-state index < -0.39 is 5.60 Å². The van der Waals surface area contributed by atoms with E-state index in [2.05, 4.69) is 59.7 Å². The molecule has 1 unspecified atom stereocenters. The largest absolute Gasteiger partial charge is 0.389 e. The summed E-state index contributed by atoms with van der Waals surface area (Å²) in [6, 6.07) is 16.0. The van der Waals surface area contributed by atoms with Crippen LogP contribution in [0.4, 0.5) is 0 Å². The second kappa shape index (κ2) is 8.30. The summed E-state index contributed by atoms with van der Waals surface area (Å²) in [6.45, 7) is 3.21. The Hall–Kier alpha value is -1.42. The van der Waals surface area contributed by atoms with Gasteiger partial charge in [0.05, 0.1) is 5.60 Å². The van der Waals surface area contributed by atoms with Gasteiger partial charge in [-0.2, -0.15) is 0 Å². The van der Waals surface area contributed by atoms with Crippen LogP contribution in [0.5, 0.6) is 0 Å². The first-order valence-electron chi connectivity index (χ1n) is 10.8. The van der Waals surface area contributed by atoms with Gasteiger partial charge in [-0.05, 0) is 55.6 Å². The van der Waals surface area contributed by atoms with Crippen LogP contribution in [0.25, 0.3) is 10.8 Å². The average molecular weight is 367 g/mol. The first kappa shape index (κ1) is 18.9. The van der Waals surface area contributed by atoms with Crippen LogP contribution in [0, 0.1) is 0 Å². The fourth-order valence-corrected chi connectivity index (χ4v) is 5.24. The number of likely N-dealkylation sites (tertiary alicyclic amines) is 1. The molecule has 3 nitrogen and oxygen atoms in total. The molecule has 0 aromatic heterocycles. The third-order valence-corrected chi connectivity index (χ3v) is 6.90. The van der Waals surface area contributed by atoms with E-state index in [4.69, 9.17) is 0 Å². The molecular formula is C24H34N2O. The Labute approximate surface area is 163 Å². The lowest BCUT2D eigenvalue weighted by molar-refractivity contribution is -0.0329. The Bertz CT molecular complexity index is 753. The van der Waals surface area contributed by atoms with Crippen molar-refractivity contribution in [2.75, 3.05) is 26.7 Å². The summed E-state index contributed by atoms with van der Waals surface area (Å²) in [6.07, 6.45) is 7.95. The van der Waals surface area contributed by atoms with Crippen LogP contribution in [0.2, 0.25) is 0 Å². The van der Waals surface area contributed by atoms with Crippen molar-refractivity contribution in [1.82, 2.24) is 10.2 Å². The third kappa shape index (κ3) is 4.21. The summed E-state index contributed by atoms with van der Waals surface area (Å²) in [5.74, 6) is 0.193. The number of nitrogens with one attached hydrogen (secondary N) is 1. The lowest BCUT2D eigenvalue weighted by Gasteiger charge is -2.43. The second-order valence-electron chi connectivity index (χ2n) is 8.71. The first-order chi connectivity index (χ1) is 13.2. The summed E-state index contributed by atoms with van der Waals surface area (Å²) in [5.41, 5.74) is 0.748. The summed E-state index contributed by atoms with van der Waals surface area (Å²) >= 11 is 0.